The minimum Gasteiger partial charge on any atom is -0.368 e. The highest BCUT2D eigenvalue weighted by molar-refractivity contribution is 7.91. The molecule has 22 heavy (non-hydrogen) atoms. The van der Waals surface area contributed by atoms with Gasteiger partial charge in [-0.2, -0.15) is 0 Å². The van der Waals surface area contributed by atoms with E-state index in [0.717, 1.165) is 51.6 Å². The first-order valence-corrected chi connectivity index (χ1v) is 10.1. The van der Waals surface area contributed by atoms with Crippen molar-refractivity contribution in [2.45, 2.75) is 56.1 Å². The number of carbonyl (C=O) groups excluding carboxylic acids is 1. The molecule has 0 aromatic heterocycles. The molecule has 0 saturated carbocycles. The molecule has 3 aliphatic heterocycles. The number of hydrogen-bond acceptors (Lipinski definition) is 5. The van der Waals surface area contributed by atoms with Crippen molar-refractivity contribution in [1.82, 2.24) is 9.80 Å². The predicted molar refractivity (Wildman–Crippen MR) is 85.2 cm³/mol. The molecular formula is C15H27N3O3S. The van der Waals surface area contributed by atoms with E-state index in [1.807, 2.05) is 7.05 Å². The molecule has 3 heterocycles. The van der Waals surface area contributed by atoms with Gasteiger partial charge in [-0.1, -0.05) is 0 Å². The molecule has 3 atom stereocenters. The lowest BCUT2D eigenvalue weighted by Crippen LogP contribution is -2.59. The van der Waals surface area contributed by atoms with Crippen LogP contribution in [0.15, 0.2) is 0 Å². The fourth-order valence-corrected chi connectivity index (χ4v) is 6.41. The number of sulfone groups is 1. The molecule has 2 bridgehead atoms. The second-order valence-corrected chi connectivity index (χ2v) is 9.44. The van der Waals surface area contributed by atoms with Gasteiger partial charge >= 0.3 is 0 Å². The number of amides is 1. The van der Waals surface area contributed by atoms with Crippen LogP contribution < -0.4 is 5.73 Å². The van der Waals surface area contributed by atoms with Crippen LogP contribution in [0.3, 0.4) is 0 Å². The van der Waals surface area contributed by atoms with Crippen molar-refractivity contribution in [3.8, 4) is 0 Å². The van der Waals surface area contributed by atoms with E-state index < -0.39 is 15.4 Å². The first kappa shape index (κ1) is 16.2. The molecule has 3 saturated heterocycles. The Morgan fingerprint density at radius 2 is 2.09 bits per heavy atom. The number of carbonyl (C=O) groups is 1. The van der Waals surface area contributed by atoms with Gasteiger partial charge in [0, 0.05) is 25.2 Å². The number of fused-ring (bicyclic) bond motifs is 2. The van der Waals surface area contributed by atoms with Crippen molar-refractivity contribution in [2.24, 2.45) is 5.73 Å². The highest BCUT2D eigenvalue weighted by Gasteiger charge is 2.52. The molecule has 0 radical (unpaired) electrons. The SMILES string of the molecule is CN(CCN1[C@@H]2CCC[C@@]1(C(N)=O)CC2)[C@@H]1CCS(=O)(=O)C1. The van der Waals surface area contributed by atoms with Crippen molar-refractivity contribution >= 4 is 15.7 Å². The summed E-state index contributed by atoms with van der Waals surface area (Å²) in [7, 11) is -0.853. The van der Waals surface area contributed by atoms with E-state index in [1.54, 1.807) is 0 Å². The Morgan fingerprint density at radius 3 is 2.73 bits per heavy atom. The predicted octanol–water partition coefficient (Wildman–Crippen LogP) is -0.0223. The van der Waals surface area contributed by atoms with Gasteiger partial charge in [-0.05, 0) is 45.6 Å². The molecule has 0 spiro atoms. The molecule has 1 amide bonds. The third kappa shape index (κ3) is 2.78. The molecule has 7 heteroatoms. The number of piperidine rings is 1. The summed E-state index contributed by atoms with van der Waals surface area (Å²) in [6.07, 6.45) is 5.78. The molecule has 0 unspecified atom stereocenters. The van der Waals surface area contributed by atoms with E-state index in [2.05, 4.69) is 9.80 Å². The molecule has 0 aromatic carbocycles. The van der Waals surface area contributed by atoms with Gasteiger partial charge in [-0.3, -0.25) is 9.69 Å². The zero-order valence-electron chi connectivity index (χ0n) is 13.3. The topological polar surface area (TPSA) is 83.7 Å². The fraction of sp³-hybridized carbons (Fsp3) is 0.933. The van der Waals surface area contributed by atoms with Gasteiger partial charge in [0.1, 0.15) is 5.54 Å². The van der Waals surface area contributed by atoms with Crippen LogP contribution in [-0.4, -0.2) is 73.4 Å². The maximum absolute atomic E-state index is 12.0. The molecule has 0 aliphatic carbocycles. The summed E-state index contributed by atoms with van der Waals surface area (Å²) < 4.78 is 23.2. The van der Waals surface area contributed by atoms with E-state index in [1.165, 1.54) is 0 Å². The Morgan fingerprint density at radius 1 is 1.32 bits per heavy atom. The number of nitrogens with zero attached hydrogens (tertiary/aromatic N) is 2. The van der Waals surface area contributed by atoms with Crippen LogP contribution in [0.2, 0.25) is 0 Å². The summed E-state index contributed by atoms with van der Waals surface area (Å²) in [5.74, 6) is 0.397. The Labute approximate surface area is 132 Å². The summed E-state index contributed by atoms with van der Waals surface area (Å²) >= 11 is 0. The van der Waals surface area contributed by atoms with Gasteiger partial charge in [0.15, 0.2) is 9.84 Å². The van der Waals surface area contributed by atoms with Gasteiger partial charge < -0.3 is 10.6 Å². The van der Waals surface area contributed by atoms with Crippen molar-refractivity contribution in [3.63, 3.8) is 0 Å². The lowest BCUT2D eigenvalue weighted by atomic mass is 9.87. The average molecular weight is 329 g/mol. The summed E-state index contributed by atoms with van der Waals surface area (Å²) in [6, 6.07) is 0.596. The Balaban J connectivity index is 1.62. The van der Waals surface area contributed by atoms with Crippen LogP contribution in [0, 0.1) is 0 Å². The lowest BCUT2D eigenvalue weighted by molar-refractivity contribution is -0.131. The lowest BCUT2D eigenvalue weighted by Gasteiger charge is -2.43. The van der Waals surface area contributed by atoms with Crippen molar-refractivity contribution in [1.29, 1.82) is 0 Å². The van der Waals surface area contributed by atoms with Gasteiger partial charge in [0.25, 0.3) is 0 Å². The summed E-state index contributed by atoms with van der Waals surface area (Å²) in [5, 5.41) is 0. The monoisotopic (exact) mass is 329 g/mol. The molecular weight excluding hydrogens is 302 g/mol. The minimum atomic E-state index is -2.85. The Kier molecular flexibility index (Phi) is 4.24. The van der Waals surface area contributed by atoms with E-state index in [4.69, 9.17) is 5.73 Å². The van der Waals surface area contributed by atoms with Gasteiger partial charge in [-0.15, -0.1) is 0 Å². The number of rotatable bonds is 5. The van der Waals surface area contributed by atoms with Crippen LogP contribution in [0.4, 0.5) is 0 Å². The Bertz CT molecular complexity index is 546. The van der Waals surface area contributed by atoms with E-state index in [-0.39, 0.29) is 17.7 Å². The molecule has 6 nitrogen and oxygen atoms in total. The quantitative estimate of drug-likeness (QED) is 0.766. The summed E-state index contributed by atoms with van der Waals surface area (Å²) in [5.41, 5.74) is 5.28. The molecule has 3 rings (SSSR count). The van der Waals surface area contributed by atoms with Crippen LogP contribution in [0.5, 0.6) is 0 Å². The van der Waals surface area contributed by atoms with Gasteiger partial charge in [0.05, 0.1) is 11.5 Å². The van der Waals surface area contributed by atoms with E-state index in [0.29, 0.717) is 11.8 Å². The van der Waals surface area contributed by atoms with Crippen LogP contribution in [0.25, 0.3) is 0 Å². The highest BCUT2D eigenvalue weighted by atomic mass is 32.2. The number of nitrogens with two attached hydrogens (primary N) is 1. The smallest absolute Gasteiger partial charge is 0.237 e. The normalized spacial score (nSPS) is 37.7. The van der Waals surface area contributed by atoms with Crippen LogP contribution in [-0.2, 0) is 14.6 Å². The number of primary amides is 1. The molecule has 2 N–H and O–H groups in total. The zero-order chi connectivity index (χ0) is 16.0. The van der Waals surface area contributed by atoms with Crippen molar-refractivity contribution in [2.75, 3.05) is 31.6 Å². The highest BCUT2D eigenvalue weighted by Crippen LogP contribution is 2.43. The molecule has 3 aliphatic rings. The third-order valence-corrected chi connectivity index (χ3v) is 7.74. The largest absolute Gasteiger partial charge is 0.368 e. The molecule has 0 aromatic rings. The summed E-state index contributed by atoms with van der Waals surface area (Å²) in [4.78, 5) is 16.5. The number of hydrogen-bond donors (Lipinski definition) is 1. The third-order valence-electron chi connectivity index (χ3n) is 5.99. The maximum Gasteiger partial charge on any atom is 0.237 e. The first-order valence-electron chi connectivity index (χ1n) is 8.31. The van der Waals surface area contributed by atoms with E-state index >= 15 is 0 Å². The van der Waals surface area contributed by atoms with Gasteiger partial charge in [0.2, 0.25) is 5.91 Å². The zero-order valence-corrected chi connectivity index (χ0v) is 14.1. The van der Waals surface area contributed by atoms with Crippen LogP contribution >= 0.6 is 0 Å². The second kappa shape index (κ2) is 5.76. The van der Waals surface area contributed by atoms with Crippen molar-refractivity contribution < 1.29 is 13.2 Å². The maximum atomic E-state index is 12.0. The average Bonchev–Trinajstić information content (AvgIpc) is 2.90. The first-order chi connectivity index (χ1) is 10.3. The fourth-order valence-electron chi connectivity index (χ4n) is 4.61. The van der Waals surface area contributed by atoms with Crippen molar-refractivity contribution in [3.05, 3.63) is 0 Å². The van der Waals surface area contributed by atoms with E-state index in [9.17, 15) is 13.2 Å². The summed E-state index contributed by atoms with van der Waals surface area (Å²) in [6.45, 7) is 1.60. The Hall–Kier alpha value is -0.660. The van der Waals surface area contributed by atoms with Gasteiger partial charge in [-0.25, -0.2) is 8.42 Å². The second-order valence-electron chi connectivity index (χ2n) is 7.21. The molecule has 3 fully saturated rings. The molecule has 126 valence electrons. The number of likely N-dealkylation sites (N-methyl/N-ethyl adjacent to an activating group) is 1. The minimum absolute atomic E-state index is 0.122. The standard InChI is InChI=1S/C15H27N3O3S/c1-17(13-5-10-22(20,21)11-13)8-9-18-12-3-2-6-15(18,7-4-12)14(16)19/h12-13H,2-11H2,1H3,(H2,16,19)/t12-,13-,15+/m1/s1. The van der Waals surface area contributed by atoms with Crippen LogP contribution in [0.1, 0.15) is 38.5 Å².